The van der Waals surface area contributed by atoms with Crippen molar-refractivity contribution in [3.8, 4) is 0 Å². The topological polar surface area (TPSA) is 46.6 Å². The van der Waals surface area contributed by atoms with Crippen molar-refractivity contribution in [1.82, 2.24) is 0 Å². The molecule has 4 nitrogen and oxygen atoms in total. The van der Waals surface area contributed by atoms with Gasteiger partial charge in [-0.15, -0.1) is 0 Å². The van der Waals surface area contributed by atoms with E-state index in [-0.39, 0.29) is 5.82 Å². The second-order valence-corrected chi connectivity index (χ2v) is 4.98. The van der Waals surface area contributed by atoms with Crippen molar-refractivity contribution in [1.29, 1.82) is 0 Å². The quantitative estimate of drug-likeness (QED) is 0.817. The molecule has 0 aromatic heterocycles. The summed E-state index contributed by atoms with van der Waals surface area (Å²) in [5.41, 5.74) is 2.39. The Morgan fingerprint density at radius 1 is 0.826 bits per heavy atom. The Balaban J connectivity index is 0.000000185. The molecule has 1 aliphatic rings. The van der Waals surface area contributed by atoms with Gasteiger partial charge in [0.15, 0.2) is 0 Å². The summed E-state index contributed by atoms with van der Waals surface area (Å²) in [6.07, 6.45) is 1.54. The van der Waals surface area contributed by atoms with Crippen molar-refractivity contribution in [2.75, 3.05) is 31.2 Å². The maximum atomic E-state index is 12.1. The second-order valence-electron chi connectivity index (χ2n) is 4.98. The highest BCUT2D eigenvalue weighted by Gasteiger charge is 2.10. The number of carbonyl (C=O) groups excluding carboxylic acids is 2. The molecule has 2 aromatic rings. The maximum Gasteiger partial charge on any atom is 0.150 e. The van der Waals surface area contributed by atoms with Crippen LogP contribution < -0.4 is 4.90 Å². The molecule has 1 fully saturated rings. The Bertz CT molecular complexity index is 620. The number of nitrogens with zero attached hydrogens (tertiary/aromatic N) is 1. The van der Waals surface area contributed by atoms with Gasteiger partial charge in [0, 0.05) is 29.9 Å². The zero-order valence-corrected chi connectivity index (χ0v) is 12.7. The molecule has 0 saturated carbocycles. The molecule has 3 rings (SSSR count). The van der Waals surface area contributed by atoms with Crippen LogP contribution in [0.25, 0.3) is 0 Å². The second kappa shape index (κ2) is 8.80. The third-order valence-corrected chi connectivity index (χ3v) is 3.41. The van der Waals surface area contributed by atoms with Crippen LogP contribution in [0.15, 0.2) is 48.5 Å². The molecule has 0 bridgehead atoms. The minimum atomic E-state index is -0.319. The van der Waals surface area contributed by atoms with Gasteiger partial charge < -0.3 is 9.64 Å². The van der Waals surface area contributed by atoms with Crippen molar-refractivity contribution in [3.05, 3.63) is 65.5 Å². The molecule has 23 heavy (non-hydrogen) atoms. The number of morpholine rings is 1. The summed E-state index contributed by atoms with van der Waals surface area (Å²) < 4.78 is 17.4. The lowest BCUT2D eigenvalue weighted by atomic mass is 10.2. The van der Waals surface area contributed by atoms with Crippen molar-refractivity contribution < 1.29 is 18.7 Å². The first-order chi connectivity index (χ1) is 11.2. The maximum absolute atomic E-state index is 12.1. The van der Waals surface area contributed by atoms with E-state index >= 15 is 0 Å². The lowest BCUT2D eigenvalue weighted by Crippen LogP contribution is -2.36. The van der Waals surface area contributed by atoms with Crippen LogP contribution in [0.1, 0.15) is 20.7 Å². The molecule has 0 unspecified atom stereocenters. The van der Waals surface area contributed by atoms with Crippen LogP contribution in [0.2, 0.25) is 0 Å². The van der Waals surface area contributed by atoms with E-state index in [1.807, 2.05) is 24.3 Å². The van der Waals surface area contributed by atoms with Crippen LogP contribution in [-0.4, -0.2) is 38.9 Å². The molecule has 2 aromatic carbocycles. The summed E-state index contributed by atoms with van der Waals surface area (Å²) in [7, 11) is 0. The Kier molecular flexibility index (Phi) is 6.44. The fourth-order valence-electron chi connectivity index (χ4n) is 2.13. The summed E-state index contributed by atoms with van der Waals surface area (Å²) in [6, 6.07) is 13.0. The van der Waals surface area contributed by atoms with Crippen LogP contribution >= 0.6 is 0 Å². The number of hydrogen-bond donors (Lipinski definition) is 0. The number of ether oxygens (including phenoxy) is 1. The minimum Gasteiger partial charge on any atom is -0.378 e. The van der Waals surface area contributed by atoms with Crippen molar-refractivity contribution >= 4 is 18.3 Å². The molecule has 5 heteroatoms. The van der Waals surface area contributed by atoms with E-state index in [0.29, 0.717) is 11.8 Å². The van der Waals surface area contributed by atoms with E-state index in [2.05, 4.69) is 4.90 Å². The van der Waals surface area contributed by atoms with E-state index in [0.717, 1.165) is 38.2 Å². The average Bonchev–Trinajstić information content (AvgIpc) is 2.64. The molecule has 1 heterocycles. The van der Waals surface area contributed by atoms with Crippen LogP contribution in [0.5, 0.6) is 0 Å². The van der Waals surface area contributed by atoms with Crippen molar-refractivity contribution in [3.63, 3.8) is 0 Å². The highest BCUT2D eigenvalue weighted by Crippen LogP contribution is 2.15. The van der Waals surface area contributed by atoms with Gasteiger partial charge in [0.1, 0.15) is 18.4 Å². The molecule has 0 spiro atoms. The zero-order valence-electron chi connectivity index (χ0n) is 12.7. The fourth-order valence-corrected chi connectivity index (χ4v) is 2.13. The number of carbonyl (C=O) groups is 2. The van der Waals surface area contributed by atoms with E-state index in [4.69, 9.17) is 4.74 Å². The summed E-state index contributed by atoms with van der Waals surface area (Å²) in [5.74, 6) is -0.319. The zero-order chi connectivity index (χ0) is 16.5. The standard InChI is InChI=1S/C11H13NO2.C7H5FO/c13-9-10-1-3-11(4-2-10)12-5-7-14-8-6-12;8-7-3-1-6(5-9)2-4-7/h1-4,9H,5-8H2;1-5H. The lowest BCUT2D eigenvalue weighted by molar-refractivity contribution is 0.111. The molecule has 0 aliphatic carbocycles. The summed E-state index contributed by atoms with van der Waals surface area (Å²) in [4.78, 5) is 22.7. The smallest absolute Gasteiger partial charge is 0.150 e. The van der Waals surface area contributed by atoms with Gasteiger partial charge in [0.2, 0.25) is 0 Å². The van der Waals surface area contributed by atoms with Gasteiger partial charge in [0.05, 0.1) is 13.2 Å². The minimum absolute atomic E-state index is 0.319. The van der Waals surface area contributed by atoms with Gasteiger partial charge in [-0.1, -0.05) is 0 Å². The average molecular weight is 315 g/mol. The summed E-state index contributed by atoms with van der Waals surface area (Å²) in [6.45, 7) is 3.44. The number of benzene rings is 2. The molecular weight excluding hydrogens is 297 g/mol. The third kappa shape index (κ3) is 5.30. The highest BCUT2D eigenvalue weighted by molar-refractivity contribution is 5.75. The van der Waals surface area contributed by atoms with Crippen LogP contribution in [0.3, 0.4) is 0 Å². The van der Waals surface area contributed by atoms with Gasteiger partial charge in [-0.25, -0.2) is 4.39 Å². The predicted octanol–water partition coefficient (Wildman–Crippen LogP) is 2.97. The Hall–Kier alpha value is -2.53. The van der Waals surface area contributed by atoms with E-state index in [1.54, 1.807) is 0 Å². The van der Waals surface area contributed by atoms with Gasteiger partial charge in [-0.3, -0.25) is 9.59 Å². The molecule has 0 radical (unpaired) electrons. The highest BCUT2D eigenvalue weighted by atomic mass is 19.1. The molecule has 0 atom stereocenters. The Morgan fingerprint density at radius 3 is 1.78 bits per heavy atom. The number of anilines is 1. The number of rotatable bonds is 3. The first-order valence-electron chi connectivity index (χ1n) is 7.31. The molecule has 0 amide bonds. The van der Waals surface area contributed by atoms with Crippen LogP contribution in [0.4, 0.5) is 10.1 Å². The van der Waals surface area contributed by atoms with E-state index in [9.17, 15) is 14.0 Å². The van der Waals surface area contributed by atoms with E-state index in [1.165, 1.54) is 30.0 Å². The fraction of sp³-hybridized carbons (Fsp3) is 0.222. The Morgan fingerprint density at radius 2 is 1.30 bits per heavy atom. The van der Waals surface area contributed by atoms with E-state index < -0.39 is 0 Å². The predicted molar refractivity (Wildman–Crippen MR) is 86.6 cm³/mol. The monoisotopic (exact) mass is 315 g/mol. The number of hydrogen-bond acceptors (Lipinski definition) is 4. The third-order valence-electron chi connectivity index (χ3n) is 3.41. The molecule has 0 N–H and O–H groups in total. The van der Waals surface area contributed by atoms with Crippen molar-refractivity contribution in [2.24, 2.45) is 0 Å². The lowest BCUT2D eigenvalue weighted by Gasteiger charge is -2.28. The van der Waals surface area contributed by atoms with Gasteiger partial charge in [-0.2, -0.15) is 0 Å². The number of halogens is 1. The number of aldehydes is 2. The normalized spacial score (nSPS) is 13.7. The molecular formula is C18H18FNO3. The van der Waals surface area contributed by atoms with Crippen LogP contribution in [0, 0.1) is 5.82 Å². The van der Waals surface area contributed by atoms with Gasteiger partial charge >= 0.3 is 0 Å². The Labute approximate surface area is 134 Å². The van der Waals surface area contributed by atoms with Crippen LogP contribution in [-0.2, 0) is 4.74 Å². The molecule has 1 saturated heterocycles. The molecule has 120 valence electrons. The largest absolute Gasteiger partial charge is 0.378 e. The first-order valence-corrected chi connectivity index (χ1v) is 7.31. The van der Waals surface area contributed by atoms with Gasteiger partial charge in [0.25, 0.3) is 0 Å². The van der Waals surface area contributed by atoms with Gasteiger partial charge in [-0.05, 0) is 48.5 Å². The summed E-state index contributed by atoms with van der Waals surface area (Å²) >= 11 is 0. The molecule has 1 aliphatic heterocycles. The van der Waals surface area contributed by atoms with Crippen molar-refractivity contribution in [2.45, 2.75) is 0 Å². The first kappa shape index (κ1) is 16.8. The SMILES string of the molecule is O=Cc1ccc(F)cc1.O=Cc1ccc(N2CCOCC2)cc1. The summed E-state index contributed by atoms with van der Waals surface area (Å²) in [5, 5.41) is 0.